The van der Waals surface area contributed by atoms with Gasteiger partial charge >= 0.3 is 0 Å². The molecule has 0 atom stereocenters. The van der Waals surface area contributed by atoms with E-state index in [0.29, 0.717) is 23.3 Å². The molecule has 0 spiro atoms. The van der Waals surface area contributed by atoms with Crippen molar-refractivity contribution >= 4 is 40.2 Å². The van der Waals surface area contributed by atoms with Gasteiger partial charge in [-0.25, -0.2) is 0 Å². The predicted molar refractivity (Wildman–Crippen MR) is 92.0 cm³/mol. The first-order valence-corrected chi connectivity index (χ1v) is 7.65. The number of carbonyl (C=O) groups is 1. The molecule has 1 fully saturated rings. The van der Waals surface area contributed by atoms with Gasteiger partial charge in [0.05, 0.1) is 5.52 Å². The molecule has 1 aliphatic rings. The van der Waals surface area contributed by atoms with E-state index in [1.807, 2.05) is 36.4 Å². The van der Waals surface area contributed by atoms with Gasteiger partial charge in [-0.05, 0) is 41.9 Å². The summed E-state index contributed by atoms with van der Waals surface area (Å²) >= 11 is 5.27. The van der Waals surface area contributed by atoms with Crippen LogP contribution in [-0.2, 0) is 4.79 Å². The highest BCUT2D eigenvalue weighted by molar-refractivity contribution is 7.80. The molecule has 1 N–H and O–H groups in total. The number of hydrogen-bond donors (Lipinski definition) is 1. The fraction of sp³-hybridized carbons (Fsp3) is 0.235. The Morgan fingerprint density at radius 3 is 2.86 bits per heavy atom. The van der Waals surface area contributed by atoms with Gasteiger partial charge in [0.2, 0.25) is 0 Å². The molecule has 2 aromatic rings. The Labute approximate surface area is 134 Å². The average Bonchev–Trinajstić information content (AvgIpc) is 2.75. The van der Waals surface area contributed by atoms with E-state index >= 15 is 0 Å². The molecule has 112 valence electrons. The molecule has 1 aromatic carbocycles. The summed E-state index contributed by atoms with van der Waals surface area (Å²) < 4.78 is 0. The second kappa shape index (κ2) is 5.85. The number of nitrogens with zero attached hydrogens (tertiary/aromatic N) is 2. The maximum Gasteiger partial charge on any atom is 0.276 e. The number of benzene rings is 1. The number of rotatable bonds is 3. The predicted octanol–water partition coefficient (Wildman–Crippen LogP) is 2.95. The minimum absolute atomic E-state index is 0.0698. The molecular formula is C17H17N3OS. The van der Waals surface area contributed by atoms with Gasteiger partial charge < -0.3 is 5.32 Å². The van der Waals surface area contributed by atoms with Gasteiger partial charge in [-0.3, -0.25) is 14.7 Å². The van der Waals surface area contributed by atoms with Crippen LogP contribution in [0.5, 0.6) is 0 Å². The lowest BCUT2D eigenvalue weighted by Crippen LogP contribution is -2.33. The van der Waals surface area contributed by atoms with Crippen LogP contribution in [0.4, 0.5) is 0 Å². The maximum atomic E-state index is 12.5. The van der Waals surface area contributed by atoms with Crippen molar-refractivity contribution in [3.05, 3.63) is 47.8 Å². The molecule has 2 heterocycles. The van der Waals surface area contributed by atoms with Gasteiger partial charge in [0.15, 0.2) is 5.11 Å². The van der Waals surface area contributed by atoms with Crippen molar-refractivity contribution in [1.29, 1.82) is 0 Å². The van der Waals surface area contributed by atoms with Crippen molar-refractivity contribution in [2.45, 2.75) is 13.8 Å². The molecule has 22 heavy (non-hydrogen) atoms. The molecule has 4 nitrogen and oxygen atoms in total. The zero-order chi connectivity index (χ0) is 15.7. The number of pyridine rings is 1. The lowest BCUT2D eigenvalue weighted by molar-refractivity contribution is -0.122. The quantitative estimate of drug-likeness (QED) is 0.699. The monoisotopic (exact) mass is 311 g/mol. The largest absolute Gasteiger partial charge is 0.328 e. The zero-order valence-corrected chi connectivity index (χ0v) is 13.4. The minimum Gasteiger partial charge on any atom is -0.328 e. The number of amides is 1. The number of fused-ring (bicyclic) bond motifs is 1. The van der Waals surface area contributed by atoms with Crippen LogP contribution in [0.15, 0.2) is 42.2 Å². The molecular weight excluding hydrogens is 294 g/mol. The fourth-order valence-corrected chi connectivity index (χ4v) is 2.77. The number of hydrogen-bond acceptors (Lipinski definition) is 3. The van der Waals surface area contributed by atoms with Crippen LogP contribution in [0.1, 0.15) is 19.4 Å². The smallest absolute Gasteiger partial charge is 0.276 e. The van der Waals surface area contributed by atoms with E-state index in [1.165, 1.54) is 0 Å². The molecule has 1 aromatic heterocycles. The first kappa shape index (κ1) is 14.7. The number of aromatic nitrogens is 1. The lowest BCUT2D eigenvalue weighted by Gasteiger charge is -2.15. The Bertz CT molecular complexity index is 777. The van der Waals surface area contributed by atoms with E-state index < -0.39 is 0 Å². The van der Waals surface area contributed by atoms with Crippen molar-refractivity contribution < 1.29 is 4.79 Å². The maximum absolute atomic E-state index is 12.5. The summed E-state index contributed by atoms with van der Waals surface area (Å²) in [7, 11) is 0. The van der Waals surface area contributed by atoms with E-state index in [2.05, 4.69) is 24.1 Å². The molecule has 5 heteroatoms. The summed E-state index contributed by atoms with van der Waals surface area (Å²) in [6.07, 6.45) is 3.59. The highest BCUT2D eigenvalue weighted by atomic mass is 32.1. The van der Waals surface area contributed by atoms with Crippen molar-refractivity contribution in [3.8, 4) is 0 Å². The highest BCUT2D eigenvalue weighted by Gasteiger charge is 2.30. The SMILES string of the molecule is CC(C)CN1C(=O)/C(=C\c2ccnc3ccccc23)NC1=S. The van der Waals surface area contributed by atoms with Gasteiger partial charge in [0.25, 0.3) is 5.91 Å². The second-order valence-electron chi connectivity index (χ2n) is 5.72. The number of carbonyl (C=O) groups excluding carboxylic acids is 1. The van der Waals surface area contributed by atoms with Gasteiger partial charge in [-0.2, -0.15) is 0 Å². The summed E-state index contributed by atoms with van der Waals surface area (Å²) in [5.41, 5.74) is 2.38. The van der Waals surface area contributed by atoms with E-state index in [9.17, 15) is 4.79 Å². The fourth-order valence-electron chi connectivity index (χ4n) is 2.50. The molecule has 3 rings (SSSR count). The molecule has 1 aliphatic heterocycles. The van der Waals surface area contributed by atoms with Crippen LogP contribution in [0.25, 0.3) is 17.0 Å². The van der Waals surface area contributed by atoms with Gasteiger partial charge in [-0.1, -0.05) is 32.0 Å². The van der Waals surface area contributed by atoms with Crippen LogP contribution in [0.2, 0.25) is 0 Å². The van der Waals surface area contributed by atoms with Crippen LogP contribution in [-0.4, -0.2) is 27.4 Å². The third-order valence-corrected chi connectivity index (χ3v) is 3.82. The van der Waals surface area contributed by atoms with Gasteiger partial charge in [-0.15, -0.1) is 0 Å². The molecule has 0 aliphatic carbocycles. The first-order chi connectivity index (χ1) is 10.6. The van der Waals surface area contributed by atoms with Crippen molar-refractivity contribution in [2.24, 2.45) is 5.92 Å². The van der Waals surface area contributed by atoms with Gasteiger partial charge in [0.1, 0.15) is 5.70 Å². The van der Waals surface area contributed by atoms with E-state index in [-0.39, 0.29) is 5.91 Å². The Morgan fingerprint density at radius 2 is 2.09 bits per heavy atom. The zero-order valence-electron chi connectivity index (χ0n) is 12.5. The van der Waals surface area contributed by atoms with Crippen LogP contribution >= 0.6 is 12.2 Å². The van der Waals surface area contributed by atoms with E-state index in [0.717, 1.165) is 16.5 Å². The van der Waals surface area contributed by atoms with Crippen molar-refractivity contribution in [2.75, 3.05) is 6.54 Å². The molecule has 0 unspecified atom stereocenters. The Hall–Kier alpha value is -2.27. The molecule has 0 bridgehead atoms. The standard InChI is InChI=1S/C17H17N3OS/c1-11(2)10-20-16(21)15(19-17(20)22)9-12-7-8-18-14-6-4-3-5-13(12)14/h3-9,11H,10H2,1-2H3,(H,19,22)/b15-9+. The number of para-hydroxylation sites is 1. The average molecular weight is 311 g/mol. The van der Waals surface area contributed by atoms with Crippen molar-refractivity contribution in [1.82, 2.24) is 15.2 Å². The Balaban J connectivity index is 1.98. The summed E-state index contributed by atoms with van der Waals surface area (Å²) in [6, 6.07) is 9.77. The molecule has 0 saturated carbocycles. The van der Waals surface area contributed by atoms with Crippen LogP contribution in [0, 0.1) is 5.92 Å². The normalized spacial score (nSPS) is 16.9. The van der Waals surface area contributed by atoms with E-state index in [4.69, 9.17) is 12.2 Å². The third-order valence-electron chi connectivity index (χ3n) is 3.49. The third kappa shape index (κ3) is 2.72. The summed E-state index contributed by atoms with van der Waals surface area (Å²) in [5, 5.41) is 4.51. The second-order valence-corrected chi connectivity index (χ2v) is 6.10. The lowest BCUT2D eigenvalue weighted by atomic mass is 10.1. The van der Waals surface area contributed by atoms with E-state index in [1.54, 1.807) is 11.1 Å². The highest BCUT2D eigenvalue weighted by Crippen LogP contribution is 2.21. The summed E-state index contributed by atoms with van der Waals surface area (Å²) in [4.78, 5) is 18.4. The minimum atomic E-state index is -0.0698. The molecule has 1 amide bonds. The molecule has 0 radical (unpaired) electrons. The summed E-state index contributed by atoms with van der Waals surface area (Å²) in [5.74, 6) is 0.296. The summed E-state index contributed by atoms with van der Waals surface area (Å²) in [6.45, 7) is 4.75. The Kier molecular flexibility index (Phi) is 3.90. The van der Waals surface area contributed by atoms with Crippen LogP contribution < -0.4 is 5.32 Å². The Morgan fingerprint density at radius 1 is 1.32 bits per heavy atom. The van der Waals surface area contributed by atoms with Crippen molar-refractivity contribution in [3.63, 3.8) is 0 Å². The topological polar surface area (TPSA) is 45.2 Å². The first-order valence-electron chi connectivity index (χ1n) is 7.24. The van der Waals surface area contributed by atoms with Gasteiger partial charge in [0, 0.05) is 18.1 Å². The molecule has 1 saturated heterocycles. The number of thiocarbonyl (C=S) groups is 1. The number of nitrogens with one attached hydrogen (secondary N) is 1. The van der Waals surface area contributed by atoms with Crippen LogP contribution in [0.3, 0.4) is 0 Å².